The highest BCUT2D eigenvalue weighted by molar-refractivity contribution is 5.26. The summed E-state index contributed by atoms with van der Waals surface area (Å²) in [6.07, 6.45) is 1.71. The normalized spacial score (nSPS) is 10.8. The molecule has 4 nitrogen and oxygen atoms in total. The molecule has 1 heterocycles. The topological polar surface area (TPSA) is 42.7 Å². The van der Waals surface area contributed by atoms with Gasteiger partial charge in [-0.1, -0.05) is 6.07 Å². The van der Waals surface area contributed by atoms with Crippen molar-refractivity contribution < 1.29 is 4.39 Å². The Labute approximate surface area is 106 Å². The van der Waals surface area contributed by atoms with E-state index in [9.17, 15) is 4.39 Å². The molecule has 0 aliphatic carbocycles. The first-order valence-corrected chi connectivity index (χ1v) is 6.03. The number of nitrogens with one attached hydrogen (secondary N) is 1. The molecule has 96 valence electrons. The minimum absolute atomic E-state index is 0.200. The van der Waals surface area contributed by atoms with Crippen LogP contribution in [0.5, 0.6) is 0 Å². The largest absolute Gasteiger partial charge is 0.317 e. The lowest BCUT2D eigenvalue weighted by molar-refractivity contribution is 0.600. The van der Waals surface area contributed by atoms with E-state index in [1.165, 1.54) is 6.07 Å². The van der Waals surface area contributed by atoms with Crippen LogP contribution in [0.4, 0.5) is 4.39 Å². The van der Waals surface area contributed by atoms with E-state index < -0.39 is 0 Å². The fraction of sp³-hybridized carbons (Fsp3) is 0.385. The van der Waals surface area contributed by atoms with Gasteiger partial charge in [0.05, 0.1) is 6.54 Å². The predicted molar refractivity (Wildman–Crippen MR) is 67.4 cm³/mol. The maximum absolute atomic E-state index is 13.1. The standard InChI is InChI=1S/C13H17FN4/c1-3-18-9-16-17-13(18)8-15-7-11-6-12(14)5-4-10(11)2/h4-6,9,15H,3,7-8H2,1-2H3. The molecule has 0 radical (unpaired) electrons. The smallest absolute Gasteiger partial charge is 0.146 e. The molecule has 5 heteroatoms. The molecule has 1 N–H and O–H groups in total. The monoisotopic (exact) mass is 248 g/mol. The molecule has 0 saturated heterocycles. The van der Waals surface area contributed by atoms with Crippen molar-refractivity contribution in [3.63, 3.8) is 0 Å². The second-order valence-electron chi connectivity index (χ2n) is 4.21. The van der Waals surface area contributed by atoms with E-state index in [1.807, 2.05) is 18.4 Å². The Morgan fingerprint density at radius 1 is 1.33 bits per heavy atom. The van der Waals surface area contributed by atoms with Gasteiger partial charge < -0.3 is 9.88 Å². The summed E-state index contributed by atoms with van der Waals surface area (Å²) in [6.45, 7) is 6.13. The van der Waals surface area contributed by atoms with Gasteiger partial charge in [0.1, 0.15) is 18.0 Å². The Kier molecular flexibility index (Phi) is 4.04. The van der Waals surface area contributed by atoms with Crippen LogP contribution in [-0.2, 0) is 19.6 Å². The second-order valence-corrected chi connectivity index (χ2v) is 4.21. The zero-order valence-electron chi connectivity index (χ0n) is 10.7. The number of halogens is 1. The molecule has 1 aromatic heterocycles. The van der Waals surface area contributed by atoms with Crippen LogP contribution in [-0.4, -0.2) is 14.8 Å². The van der Waals surface area contributed by atoms with Gasteiger partial charge in [-0.2, -0.15) is 0 Å². The molecule has 18 heavy (non-hydrogen) atoms. The number of rotatable bonds is 5. The van der Waals surface area contributed by atoms with Gasteiger partial charge >= 0.3 is 0 Å². The molecule has 0 spiro atoms. The van der Waals surface area contributed by atoms with E-state index in [-0.39, 0.29) is 5.82 Å². The predicted octanol–water partition coefficient (Wildman–Crippen LogP) is 2.04. The number of nitrogens with zero attached hydrogens (tertiary/aromatic N) is 3. The second kappa shape index (κ2) is 5.73. The zero-order chi connectivity index (χ0) is 13.0. The highest BCUT2D eigenvalue weighted by Gasteiger charge is 2.03. The van der Waals surface area contributed by atoms with Crippen LogP contribution >= 0.6 is 0 Å². The Hall–Kier alpha value is -1.75. The fourth-order valence-corrected chi connectivity index (χ4v) is 1.82. The Morgan fingerprint density at radius 3 is 2.94 bits per heavy atom. The van der Waals surface area contributed by atoms with Gasteiger partial charge in [0.15, 0.2) is 0 Å². The molecule has 0 aliphatic rings. The Bertz CT molecular complexity index is 521. The summed E-state index contributed by atoms with van der Waals surface area (Å²) in [6, 6.07) is 4.83. The van der Waals surface area contributed by atoms with Gasteiger partial charge in [-0.3, -0.25) is 0 Å². The summed E-state index contributed by atoms with van der Waals surface area (Å²) in [5.74, 6) is 0.695. The van der Waals surface area contributed by atoms with Crippen LogP contribution in [0.1, 0.15) is 23.9 Å². The van der Waals surface area contributed by atoms with Crippen molar-refractivity contribution >= 4 is 0 Å². The van der Waals surface area contributed by atoms with Crippen molar-refractivity contribution in [2.75, 3.05) is 0 Å². The highest BCUT2D eigenvalue weighted by atomic mass is 19.1. The molecule has 2 aromatic rings. The van der Waals surface area contributed by atoms with Crippen LogP contribution in [0.3, 0.4) is 0 Å². The SMILES string of the molecule is CCn1cnnc1CNCc1cc(F)ccc1C. The van der Waals surface area contributed by atoms with E-state index in [4.69, 9.17) is 0 Å². The minimum atomic E-state index is -0.200. The van der Waals surface area contributed by atoms with E-state index in [1.54, 1.807) is 18.5 Å². The molecule has 2 rings (SSSR count). The van der Waals surface area contributed by atoms with Gasteiger partial charge in [-0.15, -0.1) is 10.2 Å². The van der Waals surface area contributed by atoms with Gasteiger partial charge in [0.25, 0.3) is 0 Å². The molecule has 1 aromatic carbocycles. The Morgan fingerprint density at radius 2 is 2.17 bits per heavy atom. The number of aryl methyl sites for hydroxylation is 2. The van der Waals surface area contributed by atoms with Crippen LogP contribution in [0.2, 0.25) is 0 Å². The van der Waals surface area contributed by atoms with Crippen LogP contribution in [0, 0.1) is 12.7 Å². The summed E-state index contributed by atoms with van der Waals surface area (Å²) in [5.41, 5.74) is 2.05. The van der Waals surface area contributed by atoms with Gasteiger partial charge in [-0.25, -0.2) is 4.39 Å². The van der Waals surface area contributed by atoms with E-state index >= 15 is 0 Å². The summed E-state index contributed by atoms with van der Waals surface area (Å²) < 4.78 is 15.1. The minimum Gasteiger partial charge on any atom is -0.317 e. The first-order valence-electron chi connectivity index (χ1n) is 6.03. The third kappa shape index (κ3) is 2.92. The lowest BCUT2D eigenvalue weighted by atomic mass is 10.1. The molecule has 0 saturated carbocycles. The van der Waals surface area contributed by atoms with Gasteiger partial charge in [0.2, 0.25) is 0 Å². The van der Waals surface area contributed by atoms with Crippen molar-refractivity contribution in [3.05, 3.63) is 47.3 Å². The molecule has 0 atom stereocenters. The molecule has 0 unspecified atom stereocenters. The number of aromatic nitrogens is 3. The highest BCUT2D eigenvalue weighted by Crippen LogP contribution is 2.10. The van der Waals surface area contributed by atoms with Crippen molar-refractivity contribution in [3.8, 4) is 0 Å². The third-order valence-corrected chi connectivity index (χ3v) is 2.95. The lowest BCUT2D eigenvalue weighted by Crippen LogP contribution is -2.17. The fourth-order valence-electron chi connectivity index (χ4n) is 1.82. The van der Waals surface area contributed by atoms with Crippen molar-refractivity contribution in [2.24, 2.45) is 0 Å². The molecular formula is C13H17FN4. The maximum atomic E-state index is 13.1. The first-order chi connectivity index (χ1) is 8.70. The van der Waals surface area contributed by atoms with E-state index in [2.05, 4.69) is 15.5 Å². The summed E-state index contributed by atoms with van der Waals surface area (Å²) >= 11 is 0. The van der Waals surface area contributed by atoms with Crippen LogP contribution in [0.25, 0.3) is 0 Å². The average Bonchev–Trinajstić information content (AvgIpc) is 2.81. The maximum Gasteiger partial charge on any atom is 0.146 e. The summed E-state index contributed by atoms with van der Waals surface area (Å²) in [5, 5.41) is 11.2. The molecule has 0 amide bonds. The van der Waals surface area contributed by atoms with Gasteiger partial charge in [-0.05, 0) is 37.1 Å². The van der Waals surface area contributed by atoms with Crippen molar-refractivity contribution in [2.45, 2.75) is 33.5 Å². The summed E-state index contributed by atoms with van der Waals surface area (Å²) in [7, 11) is 0. The molecule has 0 fully saturated rings. The zero-order valence-corrected chi connectivity index (χ0v) is 10.7. The van der Waals surface area contributed by atoms with Crippen molar-refractivity contribution in [1.29, 1.82) is 0 Å². The van der Waals surface area contributed by atoms with Crippen molar-refractivity contribution in [1.82, 2.24) is 20.1 Å². The molecular weight excluding hydrogens is 231 g/mol. The first kappa shape index (κ1) is 12.7. The third-order valence-electron chi connectivity index (χ3n) is 2.95. The quantitative estimate of drug-likeness (QED) is 0.880. The number of hydrogen-bond donors (Lipinski definition) is 1. The summed E-state index contributed by atoms with van der Waals surface area (Å²) in [4.78, 5) is 0. The molecule has 0 bridgehead atoms. The molecule has 0 aliphatic heterocycles. The number of benzene rings is 1. The van der Waals surface area contributed by atoms with Crippen LogP contribution < -0.4 is 5.32 Å². The van der Waals surface area contributed by atoms with Gasteiger partial charge in [0, 0.05) is 13.1 Å². The van der Waals surface area contributed by atoms with E-state index in [0.717, 1.165) is 23.5 Å². The lowest BCUT2D eigenvalue weighted by Gasteiger charge is -2.08. The van der Waals surface area contributed by atoms with Crippen LogP contribution in [0.15, 0.2) is 24.5 Å². The Balaban J connectivity index is 1.94. The average molecular weight is 248 g/mol. The number of hydrogen-bond acceptors (Lipinski definition) is 3. The van der Waals surface area contributed by atoms with E-state index in [0.29, 0.717) is 13.1 Å².